The van der Waals surface area contributed by atoms with E-state index >= 15 is 0 Å². The van der Waals surface area contributed by atoms with Crippen LogP contribution in [0.3, 0.4) is 0 Å². The molecule has 1 amide bonds. The van der Waals surface area contributed by atoms with Gasteiger partial charge in [0.25, 0.3) is 0 Å². The number of rotatable bonds is 2. The molecule has 0 radical (unpaired) electrons. The summed E-state index contributed by atoms with van der Waals surface area (Å²) in [6.07, 6.45) is 0. The van der Waals surface area contributed by atoms with Crippen LogP contribution in [0.25, 0.3) is 0 Å². The van der Waals surface area contributed by atoms with E-state index in [-0.39, 0.29) is 12.5 Å². The van der Waals surface area contributed by atoms with Crippen LogP contribution in [0.2, 0.25) is 0 Å². The average Bonchev–Trinajstić information content (AvgIpc) is 1.86. The van der Waals surface area contributed by atoms with Crippen molar-refractivity contribution in [2.75, 3.05) is 20.7 Å². The molecular formula is C6H14N2O2. The fourth-order valence-corrected chi connectivity index (χ4v) is 0.578. The Hall–Kier alpha value is -0.610. The molecule has 0 rings (SSSR count). The minimum Gasteiger partial charge on any atom is -0.394 e. The number of amides is 1. The van der Waals surface area contributed by atoms with E-state index in [0.717, 1.165) is 0 Å². The van der Waals surface area contributed by atoms with Crippen molar-refractivity contribution in [2.24, 2.45) is 5.73 Å². The maximum absolute atomic E-state index is 11.0. The summed E-state index contributed by atoms with van der Waals surface area (Å²) >= 11 is 0. The lowest BCUT2D eigenvalue weighted by Gasteiger charge is -2.24. The van der Waals surface area contributed by atoms with Gasteiger partial charge >= 0.3 is 0 Å². The molecule has 0 aromatic carbocycles. The van der Waals surface area contributed by atoms with Crippen LogP contribution in [0.1, 0.15) is 6.92 Å². The first-order valence-electron chi connectivity index (χ1n) is 3.03. The third-order valence-corrected chi connectivity index (χ3v) is 1.22. The van der Waals surface area contributed by atoms with Gasteiger partial charge < -0.3 is 15.7 Å². The Labute approximate surface area is 60.6 Å². The Bertz CT molecular complexity index is 132. The summed E-state index contributed by atoms with van der Waals surface area (Å²) < 4.78 is 0. The zero-order chi connectivity index (χ0) is 8.36. The molecule has 0 bridgehead atoms. The van der Waals surface area contributed by atoms with Crippen molar-refractivity contribution in [3.63, 3.8) is 0 Å². The van der Waals surface area contributed by atoms with Crippen molar-refractivity contribution in [3.05, 3.63) is 0 Å². The first-order valence-corrected chi connectivity index (χ1v) is 3.03. The number of aliphatic hydroxyl groups is 1. The van der Waals surface area contributed by atoms with Crippen molar-refractivity contribution in [1.29, 1.82) is 0 Å². The van der Waals surface area contributed by atoms with Gasteiger partial charge in [0.2, 0.25) is 5.91 Å². The lowest BCUT2D eigenvalue weighted by atomic mass is 10.0. The summed E-state index contributed by atoms with van der Waals surface area (Å²) in [5.74, 6) is -0.269. The molecular weight excluding hydrogens is 132 g/mol. The average molecular weight is 146 g/mol. The molecule has 0 aromatic rings. The van der Waals surface area contributed by atoms with Gasteiger partial charge in [0.15, 0.2) is 0 Å². The lowest BCUT2D eigenvalue weighted by Crippen LogP contribution is -2.53. The number of nitrogens with zero attached hydrogens (tertiary/aromatic N) is 1. The molecule has 1 atom stereocenters. The first kappa shape index (κ1) is 9.39. The number of hydrogen-bond donors (Lipinski definition) is 2. The van der Waals surface area contributed by atoms with Crippen molar-refractivity contribution < 1.29 is 9.90 Å². The smallest absolute Gasteiger partial charge is 0.244 e. The Morgan fingerprint density at radius 3 is 2.20 bits per heavy atom. The highest BCUT2D eigenvalue weighted by atomic mass is 16.3. The van der Waals surface area contributed by atoms with E-state index in [1.807, 2.05) is 0 Å². The number of nitrogens with two attached hydrogens (primary N) is 1. The van der Waals surface area contributed by atoms with Crippen LogP contribution in [0.5, 0.6) is 0 Å². The van der Waals surface area contributed by atoms with Crippen LogP contribution >= 0.6 is 0 Å². The summed E-state index contributed by atoms with van der Waals surface area (Å²) in [7, 11) is 3.20. The highest BCUT2D eigenvalue weighted by molar-refractivity contribution is 5.85. The Kier molecular flexibility index (Phi) is 2.80. The van der Waals surface area contributed by atoms with Crippen LogP contribution in [-0.2, 0) is 4.79 Å². The summed E-state index contributed by atoms with van der Waals surface area (Å²) in [6, 6.07) is 0. The fraction of sp³-hybridized carbons (Fsp3) is 0.833. The molecule has 0 saturated carbocycles. The number of hydrogen-bond acceptors (Lipinski definition) is 3. The number of aliphatic hydroxyl groups excluding tert-OH is 1. The van der Waals surface area contributed by atoms with Crippen LogP contribution in [0.4, 0.5) is 0 Å². The predicted octanol–water partition coefficient (Wildman–Crippen LogP) is -1.22. The van der Waals surface area contributed by atoms with Gasteiger partial charge in [-0.05, 0) is 6.92 Å². The van der Waals surface area contributed by atoms with E-state index in [1.54, 1.807) is 14.1 Å². The quantitative estimate of drug-likeness (QED) is 0.513. The van der Waals surface area contributed by atoms with E-state index in [9.17, 15) is 4.79 Å². The first-order chi connectivity index (χ1) is 4.41. The van der Waals surface area contributed by atoms with E-state index < -0.39 is 5.54 Å². The molecule has 60 valence electrons. The molecule has 0 spiro atoms. The molecule has 3 N–H and O–H groups in total. The van der Waals surface area contributed by atoms with Crippen LogP contribution in [0, 0.1) is 0 Å². The standard InChI is InChI=1S/C6H14N2O2/c1-6(7,4-9)5(10)8(2)3/h9H,4,7H2,1-3H3/t6-/m0/s1. The van der Waals surface area contributed by atoms with E-state index in [2.05, 4.69) is 0 Å². The normalized spacial score (nSPS) is 16.1. The molecule has 0 aliphatic heterocycles. The van der Waals surface area contributed by atoms with Gasteiger partial charge in [0.1, 0.15) is 5.54 Å². The maximum atomic E-state index is 11.0. The second-order valence-electron chi connectivity index (χ2n) is 2.78. The van der Waals surface area contributed by atoms with Gasteiger partial charge in [-0.3, -0.25) is 4.79 Å². The molecule has 0 unspecified atom stereocenters. The van der Waals surface area contributed by atoms with Crippen LogP contribution in [0.15, 0.2) is 0 Å². The molecule has 0 heterocycles. The van der Waals surface area contributed by atoms with Gasteiger partial charge in [0.05, 0.1) is 6.61 Å². The molecule has 10 heavy (non-hydrogen) atoms. The van der Waals surface area contributed by atoms with Gasteiger partial charge in [-0.1, -0.05) is 0 Å². The molecule has 0 saturated heterocycles. The van der Waals surface area contributed by atoms with E-state index in [0.29, 0.717) is 0 Å². The van der Waals surface area contributed by atoms with Crippen molar-refractivity contribution in [1.82, 2.24) is 4.90 Å². The highest BCUT2D eigenvalue weighted by Crippen LogP contribution is 2.00. The zero-order valence-electron chi connectivity index (χ0n) is 6.59. The number of likely N-dealkylation sites (N-methyl/N-ethyl adjacent to an activating group) is 1. The highest BCUT2D eigenvalue weighted by Gasteiger charge is 2.28. The van der Waals surface area contributed by atoms with Crippen molar-refractivity contribution in [3.8, 4) is 0 Å². The fourth-order valence-electron chi connectivity index (χ4n) is 0.578. The molecule has 0 fully saturated rings. The molecule has 4 heteroatoms. The minimum atomic E-state index is -1.14. The van der Waals surface area contributed by atoms with E-state index in [1.165, 1.54) is 11.8 Å². The summed E-state index contributed by atoms with van der Waals surface area (Å²) in [5, 5.41) is 8.64. The van der Waals surface area contributed by atoms with Gasteiger partial charge in [-0.15, -0.1) is 0 Å². The topological polar surface area (TPSA) is 66.6 Å². The monoisotopic (exact) mass is 146 g/mol. The Morgan fingerprint density at radius 1 is 1.70 bits per heavy atom. The lowest BCUT2D eigenvalue weighted by molar-refractivity contribution is -0.135. The van der Waals surface area contributed by atoms with Gasteiger partial charge in [0, 0.05) is 14.1 Å². The van der Waals surface area contributed by atoms with Crippen LogP contribution < -0.4 is 5.73 Å². The van der Waals surface area contributed by atoms with E-state index in [4.69, 9.17) is 10.8 Å². The van der Waals surface area contributed by atoms with Crippen LogP contribution in [-0.4, -0.2) is 42.2 Å². The van der Waals surface area contributed by atoms with Gasteiger partial charge in [-0.2, -0.15) is 0 Å². The molecule has 0 aromatic heterocycles. The third kappa shape index (κ3) is 1.97. The minimum absolute atomic E-state index is 0.269. The van der Waals surface area contributed by atoms with Gasteiger partial charge in [-0.25, -0.2) is 0 Å². The maximum Gasteiger partial charge on any atom is 0.244 e. The molecule has 0 aliphatic carbocycles. The molecule has 0 aliphatic rings. The number of carbonyl (C=O) groups is 1. The summed E-state index contributed by atoms with van der Waals surface area (Å²) in [6.45, 7) is 1.17. The second-order valence-corrected chi connectivity index (χ2v) is 2.78. The second kappa shape index (κ2) is 2.98. The van der Waals surface area contributed by atoms with Crippen molar-refractivity contribution in [2.45, 2.75) is 12.5 Å². The Morgan fingerprint density at radius 2 is 2.10 bits per heavy atom. The largest absolute Gasteiger partial charge is 0.394 e. The third-order valence-electron chi connectivity index (χ3n) is 1.22. The summed E-state index contributed by atoms with van der Waals surface area (Å²) in [5.41, 5.74) is 4.28. The Balaban J connectivity index is 4.19. The number of carbonyl (C=O) groups excluding carboxylic acids is 1. The zero-order valence-corrected chi connectivity index (χ0v) is 6.59. The summed E-state index contributed by atoms with van der Waals surface area (Å²) in [4.78, 5) is 12.4. The van der Waals surface area contributed by atoms with Crippen molar-refractivity contribution >= 4 is 5.91 Å². The predicted molar refractivity (Wildman–Crippen MR) is 38.4 cm³/mol. The SMILES string of the molecule is CN(C)C(=O)[C@@](C)(N)CO. The molecule has 4 nitrogen and oxygen atoms in total.